The summed E-state index contributed by atoms with van der Waals surface area (Å²) in [4.78, 5) is 51.1. The van der Waals surface area contributed by atoms with Gasteiger partial charge < -0.3 is 0 Å². The second-order valence-electron chi connectivity index (χ2n) is 8.29. The average Bonchev–Trinajstić information content (AvgIpc) is 2.73. The molecule has 0 fully saturated rings. The SMILES string of the molecule is CCOC(=O)CN(C)C(=O)[C@H](C[Se]c1ccccc1)NC(=O)[C@@H](CC)NC(=O)OC(C)(C)C. The van der Waals surface area contributed by atoms with Gasteiger partial charge in [0.2, 0.25) is 0 Å². The number of alkyl carbamates (subject to hydrolysis) is 1. The maximum absolute atomic E-state index is 13.1. The van der Waals surface area contributed by atoms with Gasteiger partial charge in [0.15, 0.2) is 0 Å². The van der Waals surface area contributed by atoms with Crippen molar-refractivity contribution >= 4 is 43.3 Å². The van der Waals surface area contributed by atoms with Crippen molar-refractivity contribution in [2.45, 2.75) is 64.0 Å². The summed E-state index contributed by atoms with van der Waals surface area (Å²) in [5.41, 5.74) is -0.703. The van der Waals surface area contributed by atoms with Gasteiger partial charge in [0.25, 0.3) is 0 Å². The van der Waals surface area contributed by atoms with E-state index >= 15 is 0 Å². The average molecular weight is 529 g/mol. The first-order valence-corrected chi connectivity index (χ1v) is 12.9. The summed E-state index contributed by atoms with van der Waals surface area (Å²) in [6, 6.07) is 7.94. The van der Waals surface area contributed by atoms with E-state index in [1.165, 1.54) is 11.9 Å². The van der Waals surface area contributed by atoms with Gasteiger partial charge in [-0.25, -0.2) is 0 Å². The molecule has 0 heterocycles. The van der Waals surface area contributed by atoms with Crippen LogP contribution in [0.5, 0.6) is 0 Å². The molecule has 0 radical (unpaired) electrons. The Labute approximate surface area is 202 Å². The zero-order chi connectivity index (χ0) is 25.0. The Balaban J connectivity index is 2.91. The van der Waals surface area contributed by atoms with Crippen molar-refractivity contribution in [2.75, 3.05) is 20.2 Å². The van der Waals surface area contributed by atoms with Gasteiger partial charge in [0, 0.05) is 0 Å². The van der Waals surface area contributed by atoms with Gasteiger partial charge in [0.05, 0.1) is 0 Å². The zero-order valence-corrected chi connectivity index (χ0v) is 21.9. The van der Waals surface area contributed by atoms with E-state index in [0.717, 1.165) is 4.46 Å². The maximum atomic E-state index is 13.1. The van der Waals surface area contributed by atoms with Crippen LogP contribution in [0.4, 0.5) is 4.79 Å². The molecule has 1 aromatic rings. The molecule has 1 rings (SSSR count). The van der Waals surface area contributed by atoms with E-state index in [9.17, 15) is 19.2 Å². The van der Waals surface area contributed by atoms with E-state index in [1.54, 1.807) is 34.6 Å². The zero-order valence-electron chi connectivity index (χ0n) is 20.2. The first-order valence-electron chi connectivity index (χ1n) is 10.8. The third-order valence-corrected chi connectivity index (χ3v) is 6.56. The number of benzene rings is 1. The number of likely N-dealkylation sites (N-methyl/N-ethyl adjacent to an activating group) is 1. The van der Waals surface area contributed by atoms with Gasteiger partial charge in [-0.2, -0.15) is 0 Å². The summed E-state index contributed by atoms with van der Waals surface area (Å²) in [6.45, 7) is 8.62. The van der Waals surface area contributed by atoms with Gasteiger partial charge in [-0.3, -0.25) is 0 Å². The number of ether oxygens (including phenoxy) is 2. The van der Waals surface area contributed by atoms with Crippen LogP contribution < -0.4 is 15.1 Å². The Morgan fingerprint density at radius 3 is 2.21 bits per heavy atom. The third kappa shape index (κ3) is 11.2. The monoisotopic (exact) mass is 529 g/mol. The number of hydrogen-bond acceptors (Lipinski definition) is 6. The summed E-state index contributed by atoms with van der Waals surface area (Å²) in [5, 5.41) is 5.69. The van der Waals surface area contributed by atoms with Crippen LogP contribution in [0.25, 0.3) is 0 Å². The van der Waals surface area contributed by atoms with Crippen molar-refractivity contribution in [1.29, 1.82) is 0 Å². The van der Waals surface area contributed by atoms with Crippen molar-refractivity contribution in [3.05, 3.63) is 30.3 Å². The molecular formula is C23H35N3O6Se. The van der Waals surface area contributed by atoms with E-state index in [1.807, 2.05) is 30.3 Å². The predicted octanol–water partition coefficient (Wildman–Crippen LogP) is 1.24. The second-order valence-corrected chi connectivity index (χ2v) is 10.6. The predicted molar refractivity (Wildman–Crippen MR) is 126 cm³/mol. The topological polar surface area (TPSA) is 114 Å². The second kappa shape index (κ2) is 13.9. The molecule has 2 N–H and O–H groups in total. The molecular weight excluding hydrogens is 493 g/mol. The molecule has 184 valence electrons. The van der Waals surface area contributed by atoms with Crippen molar-refractivity contribution < 1.29 is 28.7 Å². The molecule has 1 aromatic carbocycles. The number of amides is 3. The number of nitrogens with one attached hydrogen (secondary N) is 2. The van der Waals surface area contributed by atoms with Crippen molar-refractivity contribution in [3.8, 4) is 0 Å². The summed E-state index contributed by atoms with van der Waals surface area (Å²) in [6.07, 6.45) is -0.394. The Morgan fingerprint density at radius 1 is 1.03 bits per heavy atom. The van der Waals surface area contributed by atoms with Crippen LogP contribution in [0.15, 0.2) is 30.3 Å². The first kappa shape index (κ1) is 28.5. The number of carbonyl (C=O) groups excluding carboxylic acids is 4. The van der Waals surface area contributed by atoms with Crippen LogP contribution >= 0.6 is 0 Å². The fourth-order valence-corrected chi connectivity index (χ4v) is 4.65. The first-order chi connectivity index (χ1) is 15.5. The van der Waals surface area contributed by atoms with E-state index < -0.39 is 41.6 Å². The Bertz CT molecular complexity index is 797. The van der Waals surface area contributed by atoms with E-state index in [4.69, 9.17) is 9.47 Å². The molecule has 0 spiro atoms. The molecule has 2 atom stereocenters. The van der Waals surface area contributed by atoms with E-state index in [0.29, 0.717) is 11.7 Å². The van der Waals surface area contributed by atoms with Crippen LogP contribution in [0.3, 0.4) is 0 Å². The van der Waals surface area contributed by atoms with Gasteiger partial charge in [0.1, 0.15) is 0 Å². The molecule has 3 amide bonds. The molecule has 0 unspecified atom stereocenters. The van der Waals surface area contributed by atoms with Crippen LogP contribution in [0.1, 0.15) is 41.0 Å². The molecule has 0 aliphatic carbocycles. The summed E-state index contributed by atoms with van der Waals surface area (Å²) >= 11 is -0.0973. The van der Waals surface area contributed by atoms with Crippen LogP contribution in [0, 0.1) is 0 Å². The summed E-state index contributed by atoms with van der Waals surface area (Å²) in [7, 11) is 1.49. The normalized spacial score (nSPS) is 12.8. The van der Waals surface area contributed by atoms with Crippen molar-refractivity contribution in [2.24, 2.45) is 0 Å². The number of hydrogen-bond donors (Lipinski definition) is 2. The Morgan fingerprint density at radius 2 is 1.67 bits per heavy atom. The molecule has 0 aliphatic heterocycles. The third-order valence-electron chi connectivity index (χ3n) is 4.24. The van der Waals surface area contributed by atoms with Crippen molar-refractivity contribution in [3.63, 3.8) is 0 Å². The minimum atomic E-state index is -0.866. The summed E-state index contributed by atoms with van der Waals surface area (Å²) < 4.78 is 11.2. The standard InChI is InChI=1S/C23H35N3O6Se/c1-7-17(25-22(30)32-23(3,4)5)20(28)24-18(15-33-16-12-10-9-11-13-16)21(29)26(6)14-19(27)31-8-2/h9-13,17-18H,7-8,14-15H2,1-6H3,(H,24,28)(H,25,30)/t17-,18+/m1/s1. The molecule has 0 saturated carbocycles. The van der Waals surface area contributed by atoms with Crippen molar-refractivity contribution in [1.82, 2.24) is 15.5 Å². The van der Waals surface area contributed by atoms with Crippen LogP contribution in [-0.4, -0.2) is 81.6 Å². The number of nitrogens with zero attached hydrogens (tertiary/aromatic N) is 1. The number of rotatable bonds is 11. The fourth-order valence-electron chi connectivity index (χ4n) is 2.69. The van der Waals surface area contributed by atoms with Crippen LogP contribution in [0.2, 0.25) is 5.32 Å². The van der Waals surface area contributed by atoms with Crippen LogP contribution in [-0.2, 0) is 23.9 Å². The molecule has 33 heavy (non-hydrogen) atoms. The fraction of sp³-hybridized carbons (Fsp3) is 0.565. The quantitative estimate of drug-likeness (QED) is 0.330. The minimum absolute atomic E-state index is 0.0973. The summed E-state index contributed by atoms with van der Waals surface area (Å²) in [5.74, 6) is -1.42. The van der Waals surface area contributed by atoms with E-state index in [-0.39, 0.29) is 28.1 Å². The molecule has 0 aliphatic rings. The van der Waals surface area contributed by atoms with Gasteiger partial charge in [-0.05, 0) is 0 Å². The van der Waals surface area contributed by atoms with Gasteiger partial charge in [-0.1, -0.05) is 0 Å². The van der Waals surface area contributed by atoms with Gasteiger partial charge in [-0.15, -0.1) is 0 Å². The molecule has 0 saturated heterocycles. The molecule has 9 nitrogen and oxygen atoms in total. The number of carbonyl (C=O) groups is 4. The Hall–Kier alpha value is -2.58. The number of esters is 1. The molecule has 10 heteroatoms. The van der Waals surface area contributed by atoms with Gasteiger partial charge >= 0.3 is 202 Å². The Kier molecular flexibility index (Phi) is 11.9. The molecule has 0 bridgehead atoms. The van der Waals surface area contributed by atoms with E-state index in [2.05, 4.69) is 10.6 Å². The molecule has 0 aromatic heterocycles.